The molecule has 0 unspecified atom stereocenters. The third-order valence-electron chi connectivity index (χ3n) is 4.67. The van der Waals surface area contributed by atoms with E-state index in [1.165, 1.54) is 0 Å². The maximum absolute atomic E-state index is 12.0. The molecule has 1 aliphatic heterocycles. The highest BCUT2D eigenvalue weighted by Crippen LogP contribution is 2.22. The van der Waals surface area contributed by atoms with E-state index in [2.05, 4.69) is 47.9 Å². The SMILES string of the molecule is CC(C)(C)c1nc(=S)n(CN(Cc2ccccc2)[C@@H]2CCS(=O)(=O)C2)[nH]1. The van der Waals surface area contributed by atoms with Gasteiger partial charge in [0.25, 0.3) is 0 Å². The van der Waals surface area contributed by atoms with Gasteiger partial charge in [0, 0.05) is 18.0 Å². The Morgan fingerprint density at radius 2 is 2.00 bits per heavy atom. The Morgan fingerprint density at radius 3 is 2.54 bits per heavy atom. The van der Waals surface area contributed by atoms with Crippen LogP contribution in [0.4, 0.5) is 0 Å². The first-order chi connectivity index (χ1) is 12.1. The standard InChI is InChI=1S/C18H26N4O2S2/c1-18(2,3)16-19-17(25)22(20-16)13-21(11-14-7-5-4-6-8-14)15-9-10-26(23,24)12-15/h4-8,15H,9-13H2,1-3H3,(H,19,20,25)/t15-/m1/s1. The maximum atomic E-state index is 12.0. The largest absolute Gasteiger partial charge is 0.281 e. The Hall–Kier alpha value is -1.51. The van der Waals surface area contributed by atoms with Gasteiger partial charge >= 0.3 is 0 Å². The van der Waals surface area contributed by atoms with Crippen LogP contribution >= 0.6 is 12.2 Å². The second-order valence-corrected chi connectivity index (χ2v) is 10.6. The van der Waals surface area contributed by atoms with Gasteiger partial charge in [-0.15, -0.1) is 0 Å². The molecule has 0 radical (unpaired) electrons. The van der Waals surface area contributed by atoms with Crippen molar-refractivity contribution in [2.24, 2.45) is 0 Å². The molecule has 1 aromatic heterocycles. The van der Waals surface area contributed by atoms with Gasteiger partial charge in [-0.1, -0.05) is 51.1 Å². The first-order valence-electron chi connectivity index (χ1n) is 8.80. The molecule has 6 nitrogen and oxygen atoms in total. The lowest BCUT2D eigenvalue weighted by Crippen LogP contribution is -2.37. The van der Waals surface area contributed by atoms with Crippen molar-refractivity contribution in [3.05, 3.63) is 46.5 Å². The number of hydrogen-bond acceptors (Lipinski definition) is 5. The molecular formula is C18H26N4O2S2. The first kappa shape index (κ1) is 19.3. The van der Waals surface area contributed by atoms with Crippen LogP contribution < -0.4 is 0 Å². The van der Waals surface area contributed by atoms with E-state index in [-0.39, 0.29) is 23.0 Å². The summed E-state index contributed by atoms with van der Waals surface area (Å²) < 4.78 is 26.3. The quantitative estimate of drug-likeness (QED) is 0.790. The number of aromatic amines is 1. The molecule has 2 aromatic rings. The van der Waals surface area contributed by atoms with Crippen LogP contribution in [0.3, 0.4) is 0 Å². The van der Waals surface area contributed by atoms with Crippen LogP contribution in [0.15, 0.2) is 30.3 Å². The molecular weight excluding hydrogens is 368 g/mol. The fraction of sp³-hybridized carbons (Fsp3) is 0.556. The van der Waals surface area contributed by atoms with Crippen LogP contribution in [0.2, 0.25) is 0 Å². The molecule has 142 valence electrons. The van der Waals surface area contributed by atoms with Gasteiger partial charge in [-0.3, -0.25) is 10.00 Å². The fourth-order valence-corrected chi connectivity index (χ4v) is 5.10. The molecule has 0 amide bonds. The van der Waals surface area contributed by atoms with Gasteiger partial charge in [0.1, 0.15) is 5.82 Å². The minimum Gasteiger partial charge on any atom is -0.281 e. The zero-order valence-electron chi connectivity index (χ0n) is 15.5. The number of benzene rings is 1. The van der Waals surface area contributed by atoms with Crippen molar-refractivity contribution in [1.82, 2.24) is 19.7 Å². The molecule has 1 aromatic carbocycles. The number of H-pyrrole nitrogens is 1. The number of nitrogens with one attached hydrogen (secondary N) is 1. The molecule has 8 heteroatoms. The van der Waals surface area contributed by atoms with Crippen molar-refractivity contribution < 1.29 is 8.42 Å². The summed E-state index contributed by atoms with van der Waals surface area (Å²) in [4.78, 5) is 6.66. The van der Waals surface area contributed by atoms with Gasteiger partial charge < -0.3 is 0 Å². The molecule has 1 saturated heterocycles. The minimum absolute atomic E-state index is 0.0107. The van der Waals surface area contributed by atoms with E-state index in [4.69, 9.17) is 12.2 Å². The molecule has 0 aliphatic carbocycles. The highest BCUT2D eigenvalue weighted by molar-refractivity contribution is 7.91. The highest BCUT2D eigenvalue weighted by Gasteiger charge is 2.32. The monoisotopic (exact) mass is 394 g/mol. The predicted molar refractivity (Wildman–Crippen MR) is 105 cm³/mol. The number of sulfone groups is 1. The van der Waals surface area contributed by atoms with Crippen LogP contribution in [0.1, 0.15) is 38.6 Å². The third kappa shape index (κ3) is 4.61. The molecule has 1 fully saturated rings. The van der Waals surface area contributed by atoms with Gasteiger partial charge in [0.05, 0.1) is 18.2 Å². The lowest BCUT2D eigenvalue weighted by molar-refractivity contribution is 0.145. The van der Waals surface area contributed by atoms with Crippen molar-refractivity contribution in [2.75, 3.05) is 11.5 Å². The van der Waals surface area contributed by atoms with E-state index >= 15 is 0 Å². The molecule has 1 aliphatic rings. The summed E-state index contributed by atoms with van der Waals surface area (Å²) in [7, 11) is -2.96. The van der Waals surface area contributed by atoms with E-state index < -0.39 is 9.84 Å². The van der Waals surface area contributed by atoms with Crippen molar-refractivity contribution in [3.8, 4) is 0 Å². The lowest BCUT2D eigenvalue weighted by atomic mass is 9.96. The Labute approximate surface area is 160 Å². The molecule has 3 rings (SSSR count). The van der Waals surface area contributed by atoms with Crippen LogP contribution in [0.5, 0.6) is 0 Å². The summed E-state index contributed by atoms with van der Waals surface area (Å²) in [6, 6.07) is 10.1. The topological polar surface area (TPSA) is 71.0 Å². The summed E-state index contributed by atoms with van der Waals surface area (Å²) in [5.41, 5.74) is 1.03. The van der Waals surface area contributed by atoms with Crippen LogP contribution in [0, 0.1) is 4.77 Å². The molecule has 1 atom stereocenters. The maximum Gasteiger partial charge on any atom is 0.217 e. The fourth-order valence-electron chi connectivity index (χ4n) is 3.15. The first-order valence-corrected chi connectivity index (χ1v) is 11.0. The van der Waals surface area contributed by atoms with Gasteiger partial charge in [0.2, 0.25) is 4.77 Å². The van der Waals surface area contributed by atoms with Crippen LogP contribution in [-0.2, 0) is 28.5 Å². The summed E-state index contributed by atoms with van der Waals surface area (Å²) >= 11 is 5.42. The van der Waals surface area contributed by atoms with Gasteiger partial charge in [-0.2, -0.15) is 0 Å². The average Bonchev–Trinajstić information content (AvgIpc) is 3.10. The molecule has 0 saturated carbocycles. The van der Waals surface area contributed by atoms with Crippen LogP contribution in [-0.4, -0.2) is 45.6 Å². The lowest BCUT2D eigenvalue weighted by Gasteiger charge is -2.28. The van der Waals surface area contributed by atoms with Crippen molar-refractivity contribution in [1.29, 1.82) is 0 Å². The summed E-state index contributed by atoms with van der Waals surface area (Å²) in [6.45, 7) is 7.41. The molecule has 0 spiro atoms. The predicted octanol–water partition coefficient (Wildman–Crippen LogP) is 2.88. The summed E-state index contributed by atoms with van der Waals surface area (Å²) in [5.74, 6) is 1.29. The second kappa shape index (κ2) is 7.25. The van der Waals surface area contributed by atoms with Crippen LogP contribution in [0.25, 0.3) is 0 Å². The normalized spacial score (nSPS) is 19.9. The molecule has 2 heterocycles. The molecule has 26 heavy (non-hydrogen) atoms. The number of nitrogens with zero attached hydrogens (tertiary/aromatic N) is 3. The van der Waals surface area contributed by atoms with Crippen molar-refractivity contribution in [2.45, 2.75) is 51.9 Å². The number of hydrogen-bond donors (Lipinski definition) is 1. The summed E-state index contributed by atoms with van der Waals surface area (Å²) in [6.07, 6.45) is 0.656. The van der Waals surface area contributed by atoms with Gasteiger partial charge in [-0.25, -0.2) is 18.1 Å². The molecule has 1 N–H and O–H groups in total. The average molecular weight is 395 g/mol. The van der Waals surface area contributed by atoms with E-state index in [0.29, 0.717) is 24.4 Å². The second-order valence-electron chi connectivity index (χ2n) is 7.96. The number of rotatable bonds is 5. The smallest absolute Gasteiger partial charge is 0.217 e. The Balaban J connectivity index is 1.86. The third-order valence-corrected chi connectivity index (χ3v) is 6.73. The molecule has 0 bridgehead atoms. The zero-order valence-corrected chi connectivity index (χ0v) is 17.1. The van der Waals surface area contributed by atoms with Gasteiger partial charge in [0.15, 0.2) is 9.84 Å². The summed E-state index contributed by atoms with van der Waals surface area (Å²) in [5, 5.41) is 3.29. The van der Waals surface area contributed by atoms with E-state index in [1.54, 1.807) is 0 Å². The van der Waals surface area contributed by atoms with E-state index in [1.807, 2.05) is 22.9 Å². The Kier molecular flexibility index (Phi) is 5.37. The van der Waals surface area contributed by atoms with E-state index in [0.717, 1.165) is 11.4 Å². The number of aromatic nitrogens is 3. The van der Waals surface area contributed by atoms with E-state index in [9.17, 15) is 8.42 Å². The van der Waals surface area contributed by atoms with Crippen molar-refractivity contribution >= 4 is 22.1 Å². The Morgan fingerprint density at radius 1 is 1.31 bits per heavy atom. The zero-order chi connectivity index (χ0) is 18.9. The minimum atomic E-state index is -2.96. The van der Waals surface area contributed by atoms with Gasteiger partial charge in [-0.05, 0) is 24.2 Å². The highest BCUT2D eigenvalue weighted by atomic mass is 32.2. The van der Waals surface area contributed by atoms with Crippen molar-refractivity contribution in [3.63, 3.8) is 0 Å². The Bertz CT molecular complexity index is 911.